The Morgan fingerprint density at radius 1 is 1.36 bits per heavy atom. The van der Waals surface area contributed by atoms with Gasteiger partial charge in [-0.2, -0.15) is 0 Å². The highest BCUT2D eigenvalue weighted by Gasteiger charge is 2.32. The van der Waals surface area contributed by atoms with Crippen molar-refractivity contribution in [1.29, 1.82) is 0 Å². The van der Waals surface area contributed by atoms with Gasteiger partial charge in [-0.25, -0.2) is 4.63 Å². The first kappa shape index (κ1) is 17.0. The highest BCUT2D eigenvalue weighted by atomic mass is 16.6. The van der Waals surface area contributed by atoms with Crippen molar-refractivity contribution in [2.45, 2.75) is 45.7 Å². The minimum atomic E-state index is -0.124. The minimum Gasteiger partial charge on any atom is -0.351 e. The molecule has 0 unspecified atom stereocenters. The maximum atomic E-state index is 12.7. The molecule has 3 rings (SSSR count). The molecule has 1 aliphatic rings. The van der Waals surface area contributed by atoms with Gasteiger partial charge in [0.05, 0.1) is 42.8 Å². The van der Waals surface area contributed by atoms with Crippen molar-refractivity contribution in [3.63, 3.8) is 0 Å². The lowest BCUT2D eigenvalue weighted by Crippen LogP contribution is -2.32. The van der Waals surface area contributed by atoms with E-state index in [1.807, 2.05) is 0 Å². The number of likely N-dealkylation sites (tertiary alicyclic amines) is 1. The fourth-order valence-electron chi connectivity index (χ4n) is 2.91. The first-order chi connectivity index (χ1) is 12.0. The summed E-state index contributed by atoms with van der Waals surface area (Å²) in [6.07, 6.45) is 5.19. The zero-order valence-electron chi connectivity index (χ0n) is 14.2. The van der Waals surface area contributed by atoms with Gasteiger partial charge in [-0.3, -0.25) is 19.6 Å². The third-order valence-electron chi connectivity index (χ3n) is 4.20. The molecule has 9 nitrogen and oxygen atoms in total. The molecule has 3 heterocycles. The van der Waals surface area contributed by atoms with E-state index in [2.05, 4.69) is 30.2 Å². The lowest BCUT2D eigenvalue weighted by Gasteiger charge is -2.24. The Hall–Kier alpha value is -2.84. The molecular weight excluding hydrogens is 324 g/mol. The van der Waals surface area contributed by atoms with Crippen LogP contribution in [0.25, 0.3) is 0 Å². The molecule has 1 atom stereocenters. The monoisotopic (exact) mass is 344 g/mol. The second kappa shape index (κ2) is 7.37. The van der Waals surface area contributed by atoms with Crippen LogP contribution in [-0.4, -0.2) is 43.5 Å². The number of nitrogens with one attached hydrogen (secondary N) is 1. The average molecular weight is 344 g/mol. The lowest BCUT2D eigenvalue weighted by atomic mass is 10.1. The zero-order valence-corrected chi connectivity index (χ0v) is 14.2. The van der Waals surface area contributed by atoms with E-state index < -0.39 is 0 Å². The maximum absolute atomic E-state index is 12.7. The predicted molar refractivity (Wildman–Crippen MR) is 86.0 cm³/mol. The van der Waals surface area contributed by atoms with Crippen molar-refractivity contribution in [2.24, 2.45) is 0 Å². The van der Waals surface area contributed by atoms with Crippen LogP contribution >= 0.6 is 0 Å². The Balaban J connectivity index is 1.72. The molecule has 1 N–H and O–H groups in total. The Bertz CT molecular complexity index is 775. The van der Waals surface area contributed by atoms with Crippen molar-refractivity contribution in [1.82, 2.24) is 30.5 Å². The molecule has 1 fully saturated rings. The molecule has 2 aromatic rings. The van der Waals surface area contributed by atoms with Crippen molar-refractivity contribution < 1.29 is 14.2 Å². The van der Waals surface area contributed by atoms with Crippen LogP contribution in [-0.2, 0) is 22.6 Å². The van der Waals surface area contributed by atoms with Gasteiger partial charge in [-0.15, -0.1) is 0 Å². The molecule has 0 aromatic carbocycles. The van der Waals surface area contributed by atoms with Crippen molar-refractivity contribution in [3.8, 4) is 0 Å². The topological polar surface area (TPSA) is 114 Å². The van der Waals surface area contributed by atoms with E-state index in [-0.39, 0.29) is 24.3 Å². The highest BCUT2D eigenvalue weighted by Crippen LogP contribution is 2.31. The number of hydrogen-bond donors (Lipinski definition) is 1. The number of carbonyl (C=O) groups is 2. The van der Waals surface area contributed by atoms with Gasteiger partial charge in [0.2, 0.25) is 11.8 Å². The first-order valence-corrected chi connectivity index (χ1v) is 8.17. The fraction of sp³-hybridized carbons (Fsp3) is 0.500. The van der Waals surface area contributed by atoms with Crippen molar-refractivity contribution in [2.75, 3.05) is 6.54 Å². The zero-order chi connectivity index (χ0) is 17.8. The summed E-state index contributed by atoms with van der Waals surface area (Å²) in [5.74, 6) is -0.156. The number of hydrogen-bond acceptors (Lipinski definition) is 7. The fourth-order valence-corrected chi connectivity index (χ4v) is 2.91. The molecule has 1 aliphatic heterocycles. The Morgan fingerprint density at radius 2 is 2.20 bits per heavy atom. The molecule has 9 heteroatoms. The van der Waals surface area contributed by atoms with Crippen LogP contribution in [0.3, 0.4) is 0 Å². The first-order valence-electron chi connectivity index (χ1n) is 8.17. The van der Waals surface area contributed by atoms with Crippen molar-refractivity contribution >= 4 is 11.8 Å². The van der Waals surface area contributed by atoms with Crippen LogP contribution in [0, 0.1) is 6.92 Å². The smallest absolute Gasteiger partial charge is 0.229 e. The molecule has 1 saturated heterocycles. The standard InChI is InChI=1S/C16H20N6O3/c1-10-13(21-25-20-10)6-16(24)22-5-3-4-15(22)14-9-17-7-12(19-14)8-18-11(2)23/h7,9,15H,3-6,8H2,1-2H3,(H,18,23)/t15-/m0/s1. The van der Waals surface area contributed by atoms with E-state index in [4.69, 9.17) is 0 Å². The van der Waals surface area contributed by atoms with Gasteiger partial charge in [0.15, 0.2) is 0 Å². The highest BCUT2D eigenvalue weighted by molar-refractivity contribution is 5.79. The number of carbonyl (C=O) groups excluding carboxylic acids is 2. The van der Waals surface area contributed by atoms with Gasteiger partial charge in [-0.05, 0) is 19.8 Å². The van der Waals surface area contributed by atoms with Gasteiger partial charge in [-0.1, -0.05) is 10.3 Å². The van der Waals surface area contributed by atoms with Crippen LogP contribution in [0.5, 0.6) is 0 Å². The normalized spacial score (nSPS) is 16.9. The SMILES string of the molecule is CC(=O)NCc1cncc([C@@H]2CCCN2C(=O)Cc2nonc2C)n1. The van der Waals surface area contributed by atoms with E-state index in [0.29, 0.717) is 30.2 Å². The third kappa shape index (κ3) is 3.98. The summed E-state index contributed by atoms with van der Waals surface area (Å²) < 4.78 is 4.65. The molecule has 0 aliphatic carbocycles. The lowest BCUT2D eigenvalue weighted by molar-refractivity contribution is -0.131. The molecular formula is C16H20N6O3. The summed E-state index contributed by atoms with van der Waals surface area (Å²) in [6, 6.07) is -0.113. The van der Waals surface area contributed by atoms with Crippen molar-refractivity contribution in [3.05, 3.63) is 35.2 Å². The summed E-state index contributed by atoms with van der Waals surface area (Å²) in [5.41, 5.74) is 2.59. The minimum absolute atomic E-state index is 0.0321. The molecule has 0 saturated carbocycles. The summed E-state index contributed by atoms with van der Waals surface area (Å²) in [7, 11) is 0. The molecule has 0 bridgehead atoms. The number of amides is 2. The second-order valence-corrected chi connectivity index (χ2v) is 6.06. The summed E-state index contributed by atoms with van der Waals surface area (Å²) in [4.78, 5) is 34.3. The van der Waals surface area contributed by atoms with E-state index in [0.717, 1.165) is 18.5 Å². The van der Waals surface area contributed by atoms with Crippen LogP contribution in [0.2, 0.25) is 0 Å². The van der Waals surface area contributed by atoms with E-state index >= 15 is 0 Å². The number of rotatable bonds is 5. The van der Waals surface area contributed by atoms with Gasteiger partial charge >= 0.3 is 0 Å². The third-order valence-corrected chi connectivity index (χ3v) is 4.20. The van der Waals surface area contributed by atoms with Crippen LogP contribution in [0.4, 0.5) is 0 Å². The van der Waals surface area contributed by atoms with E-state index in [1.165, 1.54) is 6.92 Å². The summed E-state index contributed by atoms with van der Waals surface area (Å²) in [6.45, 7) is 4.21. The largest absolute Gasteiger partial charge is 0.351 e. The molecule has 132 valence electrons. The van der Waals surface area contributed by atoms with Gasteiger partial charge < -0.3 is 10.2 Å². The van der Waals surface area contributed by atoms with Crippen LogP contribution < -0.4 is 5.32 Å². The number of aromatic nitrogens is 4. The van der Waals surface area contributed by atoms with Gasteiger partial charge in [0, 0.05) is 13.5 Å². The molecule has 2 amide bonds. The maximum Gasteiger partial charge on any atom is 0.229 e. The average Bonchev–Trinajstić information content (AvgIpc) is 3.23. The molecule has 0 spiro atoms. The van der Waals surface area contributed by atoms with Crippen LogP contribution in [0.1, 0.15) is 48.6 Å². The quantitative estimate of drug-likeness (QED) is 0.849. The second-order valence-electron chi connectivity index (χ2n) is 6.06. The molecule has 25 heavy (non-hydrogen) atoms. The Kier molecular flexibility index (Phi) is 5.01. The Morgan fingerprint density at radius 3 is 2.92 bits per heavy atom. The van der Waals surface area contributed by atoms with Gasteiger partial charge in [0.1, 0.15) is 11.4 Å². The van der Waals surface area contributed by atoms with Gasteiger partial charge in [0.25, 0.3) is 0 Å². The Labute approximate surface area is 144 Å². The molecule has 2 aromatic heterocycles. The van der Waals surface area contributed by atoms with E-state index in [9.17, 15) is 9.59 Å². The molecule has 0 radical (unpaired) electrons. The predicted octanol–water partition coefficient (Wildman–Crippen LogP) is 0.710. The van der Waals surface area contributed by atoms with E-state index in [1.54, 1.807) is 24.2 Å². The van der Waals surface area contributed by atoms with Crippen LogP contribution in [0.15, 0.2) is 17.0 Å². The number of aryl methyl sites for hydroxylation is 1. The summed E-state index contributed by atoms with van der Waals surface area (Å²) in [5, 5.41) is 10.2. The number of nitrogens with zero attached hydrogens (tertiary/aromatic N) is 5. The summed E-state index contributed by atoms with van der Waals surface area (Å²) >= 11 is 0.